The molecule has 2 N–H and O–H groups in total. The van der Waals surface area contributed by atoms with E-state index in [4.69, 9.17) is 21.5 Å². The second-order valence-corrected chi connectivity index (χ2v) is 4.73. The summed E-state index contributed by atoms with van der Waals surface area (Å²) in [5.41, 5.74) is 0.732. The van der Waals surface area contributed by atoms with Crippen LogP contribution in [0.25, 0.3) is 0 Å². The molecule has 78 valence electrons. The van der Waals surface area contributed by atoms with Gasteiger partial charge in [-0.15, -0.1) is 0 Å². The molecule has 0 spiro atoms. The third-order valence-electron chi connectivity index (χ3n) is 1.75. The van der Waals surface area contributed by atoms with E-state index in [1.807, 2.05) is 0 Å². The lowest BCUT2D eigenvalue weighted by molar-refractivity contribution is 0.402. The molecule has 0 saturated heterocycles. The first-order valence-electron chi connectivity index (χ1n) is 3.73. The van der Waals surface area contributed by atoms with E-state index in [9.17, 15) is 8.42 Å². The minimum absolute atomic E-state index is 0.101. The molecule has 6 heteroatoms. The molecule has 0 unspecified atom stereocenters. The molecule has 0 heterocycles. The van der Waals surface area contributed by atoms with Crippen molar-refractivity contribution in [3.63, 3.8) is 0 Å². The number of benzene rings is 1. The highest BCUT2D eigenvalue weighted by Gasteiger charge is 2.16. The van der Waals surface area contributed by atoms with E-state index in [2.05, 4.69) is 0 Å². The zero-order valence-corrected chi connectivity index (χ0v) is 9.32. The van der Waals surface area contributed by atoms with Gasteiger partial charge >= 0.3 is 0 Å². The molecule has 0 aliphatic carbocycles. The van der Waals surface area contributed by atoms with Crippen molar-refractivity contribution in [3.05, 3.63) is 22.7 Å². The van der Waals surface area contributed by atoms with Crippen molar-refractivity contribution in [1.29, 1.82) is 0 Å². The van der Waals surface area contributed by atoms with Gasteiger partial charge < -0.3 is 4.74 Å². The molecule has 14 heavy (non-hydrogen) atoms. The molecule has 0 bridgehead atoms. The number of nitrogens with two attached hydrogens (primary N) is 1. The lowest BCUT2D eigenvalue weighted by Gasteiger charge is -2.08. The molecule has 0 fully saturated rings. The van der Waals surface area contributed by atoms with Crippen molar-refractivity contribution in [2.45, 2.75) is 11.8 Å². The van der Waals surface area contributed by atoms with E-state index in [0.717, 1.165) is 5.56 Å². The van der Waals surface area contributed by atoms with Crippen LogP contribution in [0.4, 0.5) is 0 Å². The second-order valence-electron chi connectivity index (χ2n) is 2.80. The maximum absolute atomic E-state index is 11.1. The van der Waals surface area contributed by atoms with Gasteiger partial charge in [0.2, 0.25) is 10.0 Å². The van der Waals surface area contributed by atoms with Crippen LogP contribution >= 0.6 is 11.6 Å². The average Bonchev–Trinajstić information content (AvgIpc) is 2.07. The number of hydrogen-bond donors (Lipinski definition) is 1. The van der Waals surface area contributed by atoms with Crippen molar-refractivity contribution in [3.8, 4) is 5.75 Å². The number of rotatable bonds is 2. The highest BCUT2D eigenvalue weighted by atomic mass is 35.5. The molecular weight excluding hydrogens is 226 g/mol. The fourth-order valence-electron chi connectivity index (χ4n) is 1.02. The summed E-state index contributed by atoms with van der Waals surface area (Å²) < 4.78 is 27.1. The molecule has 0 radical (unpaired) electrons. The number of sulfonamides is 1. The number of ether oxygens (including phenoxy) is 1. The smallest absolute Gasteiger partial charge is 0.241 e. The van der Waals surface area contributed by atoms with Crippen LogP contribution in [0.3, 0.4) is 0 Å². The number of aryl methyl sites for hydroxylation is 1. The summed E-state index contributed by atoms with van der Waals surface area (Å²) in [6, 6.07) is 2.81. The average molecular weight is 236 g/mol. The van der Waals surface area contributed by atoms with Crippen LogP contribution < -0.4 is 9.88 Å². The van der Waals surface area contributed by atoms with E-state index < -0.39 is 10.0 Å². The molecule has 1 aromatic carbocycles. The molecule has 0 saturated carbocycles. The molecular formula is C8H10ClNO3S. The fraction of sp³-hybridized carbons (Fsp3) is 0.250. The first kappa shape index (κ1) is 11.3. The van der Waals surface area contributed by atoms with E-state index in [-0.39, 0.29) is 10.6 Å². The Morgan fingerprint density at radius 3 is 2.43 bits per heavy atom. The van der Waals surface area contributed by atoms with E-state index in [1.165, 1.54) is 19.2 Å². The summed E-state index contributed by atoms with van der Waals surface area (Å²) in [7, 11) is -2.42. The first-order valence-corrected chi connectivity index (χ1v) is 5.65. The van der Waals surface area contributed by atoms with Gasteiger partial charge in [-0.3, -0.25) is 0 Å². The Kier molecular flexibility index (Phi) is 3.04. The van der Waals surface area contributed by atoms with Gasteiger partial charge in [-0.1, -0.05) is 11.6 Å². The van der Waals surface area contributed by atoms with Crippen LogP contribution in [-0.2, 0) is 10.0 Å². The largest absolute Gasteiger partial charge is 0.495 e. The van der Waals surface area contributed by atoms with Gasteiger partial charge in [0.1, 0.15) is 10.6 Å². The maximum atomic E-state index is 11.1. The molecule has 0 atom stereocenters. The lowest BCUT2D eigenvalue weighted by Crippen LogP contribution is -2.13. The van der Waals surface area contributed by atoms with Crippen molar-refractivity contribution >= 4 is 21.6 Å². The zero-order chi connectivity index (χ0) is 10.9. The van der Waals surface area contributed by atoms with E-state index in [1.54, 1.807) is 6.92 Å². The molecule has 0 aliphatic rings. The molecule has 4 nitrogen and oxygen atoms in total. The van der Waals surface area contributed by atoms with Gasteiger partial charge in [-0.25, -0.2) is 13.6 Å². The minimum atomic E-state index is -3.79. The Balaban J connectivity index is 3.51. The van der Waals surface area contributed by atoms with Gasteiger partial charge in [0.05, 0.1) is 7.11 Å². The number of halogens is 1. The number of hydrogen-bond acceptors (Lipinski definition) is 3. The molecule has 0 aliphatic heterocycles. The Morgan fingerprint density at radius 1 is 1.43 bits per heavy atom. The van der Waals surface area contributed by atoms with Crippen LogP contribution in [0.5, 0.6) is 5.75 Å². The molecule has 0 amide bonds. The Labute approximate surface area is 87.7 Å². The number of methoxy groups -OCH3 is 1. The second kappa shape index (κ2) is 3.76. The molecule has 1 rings (SSSR count). The normalized spacial score (nSPS) is 11.4. The zero-order valence-electron chi connectivity index (χ0n) is 7.74. The predicted octanol–water partition coefficient (Wildman–Crippen LogP) is 1.30. The van der Waals surface area contributed by atoms with Gasteiger partial charge in [-0.2, -0.15) is 0 Å². The Bertz CT molecular complexity index is 456. The fourth-order valence-corrected chi connectivity index (χ4v) is 1.95. The number of primary sulfonamides is 1. The molecule has 0 aromatic heterocycles. The Hall–Kier alpha value is -0.780. The van der Waals surface area contributed by atoms with Crippen molar-refractivity contribution in [2.24, 2.45) is 5.14 Å². The van der Waals surface area contributed by atoms with E-state index in [0.29, 0.717) is 5.02 Å². The van der Waals surface area contributed by atoms with Crippen molar-refractivity contribution in [1.82, 2.24) is 0 Å². The minimum Gasteiger partial charge on any atom is -0.495 e. The van der Waals surface area contributed by atoms with Gasteiger partial charge in [0.15, 0.2) is 0 Å². The summed E-state index contributed by atoms with van der Waals surface area (Å²) in [5, 5.41) is 5.33. The van der Waals surface area contributed by atoms with Crippen molar-refractivity contribution < 1.29 is 13.2 Å². The van der Waals surface area contributed by atoms with Gasteiger partial charge in [0.25, 0.3) is 0 Å². The van der Waals surface area contributed by atoms with Crippen LogP contribution in [0, 0.1) is 6.92 Å². The summed E-state index contributed by atoms with van der Waals surface area (Å²) >= 11 is 5.77. The lowest BCUT2D eigenvalue weighted by atomic mass is 10.2. The quantitative estimate of drug-likeness (QED) is 0.840. The summed E-state index contributed by atoms with van der Waals surface area (Å²) in [6.45, 7) is 1.75. The van der Waals surface area contributed by atoms with E-state index >= 15 is 0 Å². The third-order valence-corrected chi connectivity index (χ3v) is 3.09. The first-order chi connectivity index (χ1) is 6.36. The summed E-state index contributed by atoms with van der Waals surface area (Å²) in [6.07, 6.45) is 0. The van der Waals surface area contributed by atoms with Gasteiger partial charge in [0, 0.05) is 5.02 Å². The highest BCUT2D eigenvalue weighted by molar-refractivity contribution is 7.89. The standard InChI is InChI=1S/C8H10ClNO3S/c1-5-3-7(13-2)8(4-6(5)9)14(10,11)12/h3-4H,1-2H3,(H2,10,11,12). The summed E-state index contributed by atoms with van der Waals surface area (Å²) in [5.74, 6) is 0.203. The Morgan fingerprint density at radius 2 is 2.00 bits per heavy atom. The van der Waals surface area contributed by atoms with Crippen LogP contribution in [0.2, 0.25) is 5.02 Å². The van der Waals surface area contributed by atoms with Crippen LogP contribution in [-0.4, -0.2) is 15.5 Å². The van der Waals surface area contributed by atoms with Crippen LogP contribution in [0.1, 0.15) is 5.56 Å². The predicted molar refractivity (Wildman–Crippen MR) is 54.1 cm³/mol. The SMILES string of the molecule is COc1cc(C)c(Cl)cc1S(N)(=O)=O. The highest BCUT2D eigenvalue weighted by Crippen LogP contribution is 2.28. The monoisotopic (exact) mass is 235 g/mol. The van der Waals surface area contributed by atoms with Crippen LogP contribution in [0.15, 0.2) is 17.0 Å². The summed E-state index contributed by atoms with van der Waals surface area (Å²) in [4.78, 5) is -0.101. The molecule has 1 aromatic rings. The van der Waals surface area contributed by atoms with Crippen molar-refractivity contribution in [2.75, 3.05) is 7.11 Å². The topological polar surface area (TPSA) is 69.4 Å². The van der Waals surface area contributed by atoms with Gasteiger partial charge in [-0.05, 0) is 24.6 Å². The maximum Gasteiger partial charge on any atom is 0.241 e. The third kappa shape index (κ3) is 2.17.